The van der Waals surface area contributed by atoms with Gasteiger partial charge in [0.1, 0.15) is 11.2 Å². The molecule has 0 fully saturated rings. The van der Waals surface area contributed by atoms with E-state index in [1.807, 2.05) is 24.3 Å². The number of fused-ring (bicyclic) bond motifs is 6. The summed E-state index contributed by atoms with van der Waals surface area (Å²) in [5, 5.41) is 9.82. The van der Waals surface area contributed by atoms with Crippen molar-refractivity contribution in [2.45, 2.75) is 0 Å². The average Bonchev–Trinajstić information content (AvgIpc) is 3.94. The van der Waals surface area contributed by atoms with Crippen molar-refractivity contribution in [3.63, 3.8) is 0 Å². The van der Waals surface area contributed by atoms with Crippen molar-refractivity contribution in [1.82, 2.24) is 9.13 Å². The Morgan fingerprint density at radius 1 is 0.327 bits per heavy atom. The molecule has 0 radical (unpaired) electrons. The van der Waals surface area contributed by atoms with Crippen molar-refractivity contribution in [2.75, 3.05) is 0 Å². The Kier molecular flexibility index (Phi) is 6.16. The van der Waals surface area contributed by atoms with Gasteiger partial charge in [-0.25, -0.2) is 0 Å². The van der Waals surface area contributed by atoms with Gasteiger partial charge in [0.25, 0.3) is 0 Å². The largest absolute Gasteiger partial charge is 0.439 e. The second-order valence-corrected chi connectivity index (χ2v) is 16.4. The van der Waals surface area contributed by atoms with Crippen LogP contribution in [0.5, 0.6) is 0 Å². The summed E-state index contributed by atoms with van der Waals surface area (Å²) < 4.78 is 17.0. The highest BCUT2D eigenvalue weighted by Gasteiger charge is 2.41. The molecular weight excluding hydrogens is 617 g/mol. The van der Waals surface area contributed by atoms with Gasteiger partial charge in [0.2, 0.25) is 11.4 Å². The van der Waals surface area contributed by atoms with Crippen LogP contribution in [0.15, 0.2) is 191 Å². The molecule has 49 heavy (non-hydrogen) atoms. The maximum Gasteiger partial charge on any atom is 0.212 e. The SMILES string of the molecule is c1ccc([Si](c2ccccc2)(c2ccc(-n3ccc4c5ccccc5oc43)cc2)c2ccc(-n3ccc4c5ccccc5oc43)cc2)cc1. The molecule has 0 amide bonds. The van der Waals surface area contributed by atoms with E-state index in [0.29, 0.717) is 0 Å². The Morgan fingerprint density at radius 2 is 0.694 bits per heavy atom. The summed E-state index contributed by atoms with van der Waals surface area (Å²) in [6.45, 7) is 0. The molecule has 232 valence electrons. The summed E-state index contributed by atoms with van der Waals surface area (Å²) >= 11 is 0. The van der Waals surface area contributed by atoms with E-state index in [4.69, 9.17) is 8.83 Å². The Balaban J connectivity index is 1.14. The number of nitrogens with zero attached hydrogens (tertiary/aromatic N) is 2. The third-order valence-electron chi connectivity index (χ3n) is 10.0. The summed E-state index contributed by atoms with van der Waals surface area (Å²) in [5.41, 5.74) is 5.68. The minimum absolute atomic E-state index is 0.864. The molecule has 0 unspecified atom stereocenters. The number of furan rings is 2. The quantitative estimate of drug-likeness (QED) is 0.134. The smallest absolute Gasteiger partial charge is 0.212 e. The number of aromatic nitrogens is 2. The molecule has 10 rings (SSSR count). The molecule has 5 heteroatoms. The summed E-state index contributed by atoms with van der Waals surface area (Å²) in [6.07, 6.45) is 4.21. The highest BCUT2D eigenvalue weighted by Crippen LogP contribution is 2.32. The lowest BCUT2D eigenvalue weighted by Gasteiger charge is -2.34. The first-order chi connectivity index (χ1) is 24.3. The molecule has 4 aromatic heterocycles. The number of rotatable bonds is 6. The van der Waals surface area contributed by atoms with Crippen LogP contribution in [0, 0.1) is 0 Å². The lowest BCUT2D eigenvalue weighted by molar-refractivity contribution is 0.642. The molecule has 0 aliphatic rings. The molecule has 0 saturated carbocycles. The van der Waals surface area contributed by atoms with E-state index in [2.05, 4.69) is 167 Å². The summed E-state index contributed by atoms with van der Waals surface area (Å²) in [7, 11) is -2.74. The topological polar surface area (TPSA) is 36.1 Å². The van der Waals surface area contributed by atoms with Crippen LogP contribution in [-0.2, 0) is 0 Å². The summed E-state index contributed by atoms with van der Waals surface area (Å²) in [6, 6.07) is 61.1. The van der Waals surface area contributed by atoms with Crippen molar-refractivity contribution in [1.29, 1.82) is 0 Å². The minimum atomic E-state index is -2.74. The van der Waals surface area contributed by atoms with Crippen LogP contribution >= 0.6 is 0 Å². The van der Waals surface area contributed by atoms with Gasteiger partial charge < -0.3 is 8.83 Å². The Bertz CT molecular complexity index is 2560. The first-order valence-corrected chi connectivity index (χ1v) is 18.6. The number of hydrogen-bond acceptors (Lipinski definition) is 2. The highest BCUT2D eigenvalue weighted by atomic mass is 28.3. The van der Waals surface area contributed by atoms with Crippen LogP contribution in [0.25, 0.3) is 55.5 Å². The lowest BCUT2D eigenvalue weighted by Crippen LogP contribution is -2.74. The monoisotopic (exact) mass is 646 g/mol. The second kappa shape index (κ2) is 10.9. The van der Waals surface area contributed by atoms with Gasteiger partial charge in [-0.3, -0.25) is 9.13 Å². The molecule has 0 aliphatic carbocycles. The zero-order chi connectivity index (χ0) is 32.4. The van der Waals surface area contributed by atoms with E-state index in [9.17, 15) is 0 Å². The number of para-hydroxylation sites is 2. The zero-order valence-electron chi connectivity index (χ0n) is 26.5. The predicted molar refractivity (Wildman–Crippen MR) is 203 cm³/mol. The maximum absolute atomic E-state index is 6.33. The summed E-state index contributed by atoms with van der Waals surface area (Å²) in [4.78, 5) is 0. The first kappa shape index (κ1) is 27.8. The normalized spacial score (nSPS) is 12.1. The molecule has 4 nitrogen and oxygen atoms in total. The van der Waals surface area contributed by atoms with Crippen LogP contribution < -0.4 is 20.7 Å². The average molecular weight is 647 g/mol. The molecule has 0 saturated heterocycles. The van der Waals surface area contributed by atoms with E-state index in [1.54, 1.807) is 0 Å². The van der Waals surface area contributed by atoms with Crippen LogP contribution in [0.3, 0.4) is 0 Å². The fourth-order valence-corrected chi connectivity index (χ4v) is 12.5. The van der Waals surface area contributed by atoms with Crippen LogP contribution in [0.1, 0.15) is 0 Å². The van der Waals surface area contributed by atoms with Crippen LogP contribution in [-0.4, -0.2) is 17.2 Å². The predicted octanol–water partition coefficient (Wildman–Crippen LogP) is 8.44. The van der Waals surface area contributed by atoms with Gasteiger partial charge >= 0.3 is 0 Å². The van der Waals surface area contributed by atoms with E-state index >= 15 is 0 Å². The van der Waals surface area contributed by atoms with Gasteiger partial charge in [-0.1, -0.05) is 121 Å². The highest BCUT2D eigenvalue weighted by molar-refractivity contribution is 7.19. The molecule has 6 aromatic carbocycles. The number of hydrogen-bond donors (Lipinski definition) is 0. The van der Waals surface area contributed by atoms with Crippen molar-refractivity contribution in [2.24, 2.45) is 0 Å². The Hall–Kier alpha value is -6.30. The van der Waals surface area contributed by atoms with Gasteiger partial charge in [0.05, 0.1) is 0 Å². The standard InChI is InChI=1S/C44H30N2O2Si/c1-3-11-33(12-4-1)49(34-13-5-2-6-14-34,35-23-19-31(20-24-35)45-29-27-39-37-15-7-9-17-41(37)47-43(39)45)36-25-21-32(22-26-36)46-30-28-40-38-16-8-10-18-42(38)48-44(40)46/h1-30H. The van der Waals surface area contributed by atoms with Crippen molar-refractivity contribution in [3.8, 4) is 11.4 Å². The van der Waals surface area contributed by atoms with E-state index < -0.39 is 8.07 Å². The maximum atomic E-state index is 6.33. The first-order valence-electron chi connectivity index (χ1n) is 16.6. The van der Waals surface area contributed by atoms with E-state index in [1.165, 1.54) is 20.7 Å². The molecule has 4 heterocycles. The molecule has 10 aromatic rings. The van der Waals surface area contributed by atoms with Gasteiger partial charge in [-0.15, -0.1) is 0 Å². The Labute approximate surface area is 283 Å². The molecule has 0 spiro atoms. The minimum Gasteiger partial charge on any atom is -0.439 e. The van der Waals surface area contributed by atoms with Gasteiger partial charge in [-0.2, -0.15) is 0 Å². The number of benzene rings is 6. The fourth-order valence-electron chi connectivity index (χ4n) is 7.75. The zero-order valence-corrected chi connectivity index (χ0v) is 27.5. The van der Waals surface area contributed by atoms with Crippen molar-refractivity contribution >= 4 is 73.0 Å². The van der Waals surface area contributed by atoms with Gasteiger partial charge in [0.15, 0.2) is 8.07 Å². The Morgan fingerprint density at radius 3 is 1.12 bits per heavy atom. The molecule has 0 aliphatic heterocycles. The third kappa shape index (κ3) is 4.16. The molecule has 0 bridgehead atoms. The van der Waals surface area contributed by atoms with Crippen molar-refractivity contribution in [3.05, 3.63) is 182 Å². The van der Waals surface area contributed by atoms with Crippen molar-refractivity contribution < 1.29 is 8.83 Å². The van der Waals surface area contributed by atoms with E-state index in [0.717, 1.165) is 55.5 Å². The van der Waals surface area contributed by atoms with Gasteiger partial charge in [0, 0.05) is 45.3 Å². The second-order valence-electron chi connectivity index (χ2n) is 12.6. The van der Waals surface area contributed by atoms with Gasteiger partial charge in [-0.05, 0) is 69.3 Å². The van der Waals surface area contributed by atoms with E-state index in [-0.39, 0.29) is 0 Å². The fraction of sp³-hybridized carbons (Fsp3) is 0. The third-order valence-corrected chi connectivity index (χ3v) is 14.8. The molecule has 0 atom stereocenters. The molecule has 0 N–H and O–H groups in total. The van der Waals surface area contributed by atoms with Crippen LogP contribution in [0.2, 0.25) is 0 Å². The lowest BCUT2D eigenvalue weighted by atomic mass is 10.2. The molecular formula is C44H30N2O2Si. The van der Waals surface area contributed by atoms with Crippen LogP contribution in [0.4, 0.5) is 0 Å². The summed E-state index contributed by atoms with van der Waals surface area (Å²) in [5.74, 6) is 0.